The quantitative estimate of drug-likeness (QED) is 0.807. The fourth-order valence-electron chi connectivity index (χ4n) is 2.22. The van der Waals surface area contributed by atoms with Crippen molar-refractivity contribution in [1.29, 1.82) is 0 Å². The summed E-state index contributed by atoms with van der Waals surface area (Å²) in [7, 11) is 0. The van der Waals surface area contributed by atoms with E-state index in [4.69, 9.17) is 5.11 Å². The van der Waals surface area contributed by atoms with Crippen LogP contribution in [0.5, 0.6) is 5.88 Å². The van der Waals surface area contributed by atoms with Crippen LogP contribution in [0.4, 0.5) is 18.9 Å². The Hall–Kier alpha value is -2.29. The smallest absolute Gasteiger partial charge is 0.422 e. The summed E-state index contributed by atoms with van der Waals surface area (Å²) in [5.74, 6) is -0.0824. The van der Waals surface area contributed by atoms with Crippen molar-refractivity contribution >= 4 is 5.69 Å². The first-order valence-electron chi connectivity index (χ1n) is 7.33. The van der Waals surface area contributed by atoms with E-state index in [0.717, 1.165) is 17.0 Å². The molecule has 0 spiro atoms. The number of ether oxygens (including phenoxy) is 1. The zero-order valence-electron chi connectivity index (χ0n) is 13.4. The molecule has 0 saturated heterocycles. The van der Waals surface area contributed by atoms with Crippen LogP contribution < -0.4 is 10.1 Å². The van der Waals surface area contributed by atoms with E-state index in [1.54, 1.807) is 10.7 Å². The molecule has 0 saturated carbocycles. The number of aryl methyl sites for hydroxylation is 1. The van der Waals surface area contributed by atoms with E-state index in [1.807, 2.05) is 13.8 Å². The summed E-state index contributed by atoms with van der Waals surface area (Å²) >= 11 is 0. The Morgan fingerprint density at radius 3 is 2.62 bits per heavy atom. The second-order valence-electron chi connectivity index (χ2n) is 5.24. The number of nitrogens with one attached hydrogen (secondary N) is 1. The standard InChI is InChI=1S/C15H19F3N4O2/c1-10-13(11(2)22(21-10)5-6-23)8-19-12-3-4-14(20-7-12)24-9-15(16,17)18/h3-4,7,19,23H,5-6,8-9H2,1-2H3. The Bertz CT molecular complexity index is 669. The number of aliphatic hydroxyl groups excluding tert-OH is 1. The van der Waals surface area contributed by atoms with Gasteiger partial charge in [-0.25, -0.2) is 4.98 Å². The van der Waals surface area contributed by atoms with Gasteiger partial charge in [-0.3, -0.25) is 4.68 Å². The highest BCUT2D eigenvalue weighted by molar-refractivity contribution is 5.43. The van der Waals surface area contributed by atoms with E-state index < -0.39 is 12.8 Å². The molecule has 2 N–H and O–H groups in total. The largest absolute Gasteiger partial charge is 0.468 e. The number of anilines is 1. The van der Waals surface area contributed by atoms with E-state index in [-0.39, 0.29) is 12.5 Å². The van der Waals surface area contributed by atoms with Gasteiger partial charge in [-0.05, 0) is 19.9 Å². The maximum Gasteiger partial charge on any atom is 0.422 e. The summed E-state index contributed by atoms with van der Waals surface area (Å²) in [4.78, 5) is 3.83. The summed E-state index contributed by atoms with van der Waals surface area (Å²) in [5, 5.41) is 16.5. The molecule has 0 radical (unpaired) electrons. The lowest BCUT2D eigenvalue weighted by atomic mass is 10.2. The molecule has 24 heavy (non-hydrogen) atoms. The molecule has 0 aliphatic heterocycles. The first-order valence-corrected chi connectivity index (χ1v) is 7.33. The molecular formula is C15H19F3N4O2. The number of hydrogen-bond donors (Lipinski definition) is 2. The van der Waals surface area contributed by atoms with Crippen molar-refractivity contribution in [3.8, 4) is 5.88 Å². The summed E-state index contributed by atoms with van der Waals surface area (Å²) in [5.41, 5.74) is 3.46. The van der Waals surface area contributed by atoms with Crippen LogP contribution >= 0.6 is 0 Å². The maximum atomic E-state index is 12.1. The van der Waals surface area contributed by atoms with Crippen LogP contribution in [0, 0.1) is 13.8 Å². The molecule has 2 aromatic rings. The van der Waals surface area contributed by atoms with Crippen LogP contribution in [-0.2, 0) is 13.1 Å². The van der Waals surface area contributed by atoms with E-state index in [2.05, 4.69) is 20.1 Å². The van der Waals surface area contributed by atoms with Gasteiger partial charge in [0, 0.05) is 23.9 Å². The van der Waals surface area contributed by atoms with Crippen molar-refractivity contribution in [1.82, 2.24) is 14.8 Å². The van der Waals surface area contributed by atoms with Gasteiger partial charge < -0.3 is 15.2 Å². The molecule has 0 aromatic carbocycles. The lowest BCUT2D eigenvalue weighted by molar-refractivity contribution is -0.154. The summed E-state index contributed by atoms with van der Waals surface area (Å²) < 4.78 is 42.5. The van der Waals surface area contributed by atoms with Crippen molar-refractivity contribution in [2.24, 2.45) is 0 Å². The number of aromatic nitrogens is 3. The molecule has 0 atom stereocenters. The van der Waals surface area contributed by atoms with Gasteiger partial charge in [-0.15, -0.1) is 0 Å². The molecule has 6 nitrogen and oxygen atoms in total. The normalized spacial score (nSPS) is 11.6. The fraction of sp³-hybridized carbons (Fsp3) is 0.467. The highest BCUT2D eigenvalue weighted by atomic mass is 19.4. The third kappa shape index (κ3) is 4.85. The first-order chi connectivity index (χ1) is 11.3. The minimum absolute atomic E-state index is 0.0120. The molecule has 0 amide bonds. The van der Waals surface area contributed by atoms with Gasteiger partial charge in [-0.1, -0.05) is 0 Å². The van der Waals surface area contributed by atoms with Crippen LogP contribution in [-0.4, -0.2) is 39.3 Å². The highest BCUT2D eigenvalue weighted by Crippen LogP contribution is 2.19. The van der Waals surface area contributed by atoms with Crippen molar-refractivity contribution in [2.75, 3.05) is 18.5 Å². The minimum atomic E-state index is -4.39. The molecule has 2 aromatic heterocycles. The summed E-state index contributed by atoms with van der Waals surface area (Å²) in [6, 6.07) is 2.98. The van der Waals surface area contributed by atoms with Crippen LogP contribution in [0.15, 0.2) is 18.3 Å². The van der Waals surface area contributed by atoms with E-state index >= 15 is 0 Å². The van der Waals surface area contributed by atoms with Crippen LogP contribution in [0.2, 0.25) is 0 Å². The summed E-state index contributed by atoms with van der Waals surface area (Å²) in [6.07, 6.45) is -2.98. The predicted molar refractivity (Wildman–Crippen MR) is 81.9 cm³/mol. The molecule has 0 unspecified atom stereocenters. The van der Waals surface area contributed by atoms with Gasteiger partial charge in [-0.2, -0.15) is 18.3 Å². The number of rotatable bonds is 7. The third-order valence-corrected chi connectivity index (χ3v) is 3.43. The van der Waals surface area contributed by atoms with Gasteiger partial charge >= 0.3 is 6.18 Å². The monoisotopic (exact) mass is 344 g/mol. The lowest BCUT2D eigenvalue weighted by Gasteiger charge is -2.10. The number of nitrogens with zero attached hydrogens (tertiary/aromatic N) is 3. The highest BCUT2D eigenvalue weighted by Gasteiger charge is 2.28. The zero-order chi connectivity index (χ0) is 17.7. The SMILES string of the molecule is Cc1nn(CCO)c(C)c1CNc1ccc(OCC(F)(F)F)nc1. The van der Waals surface area contributed by atoms with E-state index in [9.17, 15) is 13.2 Å². The number of pyridine rings is 1. The molecule has 2 rings (SSSR count). The topological polar surface area (TPSA) is 72.2 Å². The number of halogens is 3. The van der Waals surface area contributed by atoms with Gasteiger partial charge in [0.25, 0.3) is 0 Å². The predicted octanol–water partition coefficient (Wildman–Crippen LogP) is 2.44. The first kappa shape index (κ1) is 18.1. The van der Waals surface area contributed by atoms with E-state index in [1.165, 1.54) is 12.3 Å². The second-order valence-corrected chi connectivity index (χ2v) is 5.24. The second kappa shape index (κ2) is 7.52. The average Bonchev–Trinajstić information content (AvgIpc) is 2.78. The third-order valence-electron chi connectivity index (χ3n) is 3.43. The molecule has 2 heterocycles. The van der Waals surface area contributed by atoms with Crippen LogP contribution in [0.3, 0.4) is 0 Å². The molecule has 132 valence electrons. The van der Waals surface area contributed by atoms with E-state index in [0.29, 0.717) is 18.8 Å². The van der Waals surface area contributed by atoms with Gasteiger partial charge in [0.05, 0.1) is 30.7 Å². The molecule has 9 heteroatoms. The molecule has 0 fully saturated rings. The van der Waals surface area contributed by atoms with Crippen molar-refractivity contribution < 1.29 is 23.0 Å². The number of alkyl halides is 3. The van der Waals surface area contributed by atoms with Crippen molar-refractivity contribution in [2.45, 2.75) is 33.1 Å². The molecule has 0 aliphatic rings. The zero-order valence-corrected chi connectivity index (χ0v) is 13.4. The Kier molecular flexibility index (Phi) is 5.66. The minimum Gasteiger partial charge on any atom is -0.468 e. The number of hydrogen-bond acceptors (Lipinski definition) is 5. The lowest BCUT2D eigenvalue weighted by Crippen LogP contribution is -2.19. The van der Waals surface area contributed by atoms with Crippen LogP contribution in [0.1, 0.15) is 17.0 Å². The van der Waals surface area contributed by atoms with Gasteiger partial charge in [0.2, 0.25) is 5.88 Å². The molecule has 0 bridgehead atoms. The van der Waals surface area contributed by atoms with Crippen molar-refractivity contribution in [3.63, 3.8) is 0 Å². The molecule has 0 aliphatic carbocycles. The average molecular weight is 344 g/mol. The van der Waals surface area contributed by atoms with Crippen LogP contribution in [0.25, 0.3) is 0 Å². The Morgan fingerprint density at radius 2 is 2.04 bits per heavy atom. The Morgan fingerprint density at radius 1 is 1.29 bits per heavy atom. The van der Waals surface area contributed by atoms with Gasteiger partial charge in [0.1, 0.15) is 0 Å². The Balaban J connectivity index is 1.95. The van der Waals surface area contributed by atoms with Gasteiger partial charge in [0.15, 0.2) is 6.61 Å². The number of aliphatic hydroxyl groups is 1. The summed E-state index contributed by atoms with van der Waals surface area (Å²) in [6.45, 7) is 3.36. The maximum absolute atomic E-state index is 12.1. The molecular weight excluding hydrogens is 325 g/mol. The van der Waals surface area contributed by atoms with Crippen molar-refractivity contribution in [3.05, 3.63) is 35.3 Å². The Labute approximate surface area is 137 Å². The fourth-order valence-corrected chi connectivity index (χ4v) is 2.22.